The molecule has 0 saturated heterocycles. The third-order valence-corrected chi connectivity index (χ3v) is 2.45. The highest BCUT2D eigenvalue weighted by Gasteiger charge is 2.04. The van der Waals surface area contributed by atoms with Crippen LogP contribution in [0.5, 0.6) is 0 Å². The van der Waals surface area contributed by atoms with Gasteiger partial charge in [0.25, 0.3) is 5.69 Å². The zero-order valence-electron chi connectivity index (χ0n) is 9.33. The summed E-state index contributed by atoms with van der Waals surface area (Å²) in [7, 11) is 1.92. The zero-order valence-corrected chi connectivity index (χ0v) is 9.33. The fraction of sp³-hybridized carbons (Fsp3) is 0.182. The molecule has 2 rings (SSSR count). The number of non-ortho nitro benzene ring substituents is 1. The van der Waals surface area contributed by atoms with Gasteiger partial charge in [-0.05, 0) is 12.1 Å². The second-order valence-electron chi connectivity index (χ2n) is 3.61. The lowest BCUT2D eigenvalue weighted by Crippen LogP contribution is -2.05. The average molecular weight is 232 g/mol. The van der Waals surface area contributed by atoms with Crippen LogP contribution in [-0.2, 0) is 13.6 Å². The van der Waals surface area contributed by atoms with Crippen LogP contribution in [0.4, 0.5) is 11.4 Å². The maximum Gasteiger partial charge on any atom is 0.269 e. The van der Waals surface area contributed by atoms with E-state index in [0.717, 1.165) is 11.5 Å². The standard InChI is InChI=1S/C11H12N4O2/c1-14-7-6-12-11(14)8-13-9-2-4-10(5-3-9)15(16)17/h2-7,13H,8H2,1H3. The summed E-state index contributed by atoms with van der Waals surface area (Å²) in [4.78, 5) is 14.2. The van der Waals surface area contributed by atoms with Crippen molar-refractivity contribution < 1.29 is 4.92 Å². The van der Waals surface area contributed by atoms with E-state index in [1.54, 1.807) is 18.3 Å². The summed E-state index contributed by atoms with van der Waals surface area (Å²) in [5.74, 6) is 0.906. The topological polar surface area (TPSA) is 73.0 Å². The predicted molar refractivity (Wildman–Crippen MR) is 63.6 cm³/mol. The first kappa shape index (κ1) is 11.1. The van der Waals surface area contributed by atoms with E-state index in [1.165, 1.54) is 12.1 Å². The van der Waals surface area contributed by atoms with Crippen molar-refractivity contribution >= 4 is 11.4 Å². The highest BCUT2D eigenvalue weighted by atomic mass is 16.6. The Kier molecular flexibility index (Phi) is 3.04. The van der Waals surface area contributed by atoms with Crippen LogP contribution in [-0.4, -0.2) is 14.5 Å². The second-order valence-corrected chi connectivity index (χ2v) is 3.61. The smallest absolute Gasteiger partial charge is 0.269 e. The number of nitro groups is 1. The molecular weight excluding hydrogens is 220 g/mol. The van der Waals surface area contributed by atoms with Crippen molar-refractivity contribution in [2.24, 2.45) is 7.05 Å². The molecule has 0 atom stereocenters. The van der Waals surface area contributed by atoms with E-state index in [9.17, 15) is 10.1 Å². The third-order valence-electron chi connectivity index (χ3n) is 2.45. The molecular formula is C11H12N4O2. The number of imidazole rings is 1. The Morgan fingerprint density at radius 2 is 2.12 bits per heavy atom. The van der Waals surface area contributed by atoms with Gasteiger partial charge in [0.2, 0.25) is 0 Å². The lowest BCUT2D eigenvalue weighted by molar-refractivity contribution is -0.384. The number of nitro benzene ring substituents is 1. The Balaban J connectivity index is 2.00. The number of hydrogen-bond acceptors (Lipinski definition) is 4. The molecule has 1 aromatic heterocycles. The van der Waals surface area contributed by atoms with Crippen molar-refractivity contribution in [3.05, 3.63) is 52.6 Å². The molecule has 0 aliphatic rings. The maximum absolute atomic E-state index is 10.5. The first-order valence-corrected chi connectivity index (χ1v) is 5.11. The van der Waals surface area contributed by atoms with Crippen LogP contribution in [0.3, 0.4) is 0 Å². The third kappa shape index (κ3) is 2.60. The van der Waals surface area contributed by atoms with E-state index in [4.69, 9.17) is 0 Å². The number of hydrogen-bond donors (Lipinski definition) is 1. The highest BCUT2D eigenvalue weighted by Crippen LogP contribution is 2.15. The molecule has 0 bridgehead atoms. The van der Waals surface area contributed by atoms with Gasteiger partial charge in [-0.15, -0.1) is 0 Å². The first-order chi connectivity index (χ1) is 8.16. The molecule has 2 aromatic rings. The van der Waals surface area contributed by atoms with Crippen LogP contribution in [0.15, 0.2) is 36.7 Å². The van der Waals surface area contributed by atoms with Gasteiger partial charge < -0.3 is 9.88 Å². The lowest BCUT2D eigenvalue weighted by atomic mass is 10.3. The van der Waals surface area contributed by atoms with E-state index >= 15 is 0 Å². The monoisotopic (exact) mass is 232 g/mol. The Morgan fingerprint density at radius 1 is 1.41 bits per heavy atom. The molecule has 1 heterocycles. The zero-order chi connectivity index (χ0) is 12.3. The Bertz CT molecular complexity index is 519. The predicted octanol–water partition coefficient (Wildman–Crippen LogP) is 1.94. The fourth-order valence-corrected chi connectivity index (χ4v) is 1.45. The Labute approximate surface area is 98.1 Å². The fourth-order valence-electron chi connectivity index (χ4n) is 1.45. The SMILES string of the molecule is Cn1ccnc1CNc1ccc([N+](=O)[O-])cc1. The molecule has 17 heavy (non-hydrogen) atoms. The van der Waals surface area contributed by atoms with Crippen molar-refractivity contribution in [1.29, 1.82) is 0 Å². The van der Waals surface area contributed by atoms with Gasteiger partial charge in [-0.25, -0.2) is 4.98 Å². The molecule has 0 spiro atoms. The number of anilines is 1. The van der Waals surface area contributed by atoms with Crippen LogP contribution >= 0.6 is 0 Å². The van der Waals surface area contributed by atoms with E-state index < -0.39 is 4.92 Å². The summed E-state index contributed by atoms with van der Waals surface area (Å²) in [6, 6.07) is 6.31. The largest absolute Gasteiger partial charge is 0.378 e. The van der Waals surface area contributed by atoms with Gasteiger partial charge >= 0.3 is 0 Å². The van der Waals surface area contributed by atoms with Gasteiger partial charge in [0.05, 0.1) is 11.5 Å². The maximum atomic E-state index is 10.5. The number of aromatic nitrogens is 2. The van der Waals surface area contributed by atoms with E-state index in [0.29, 0.717) is 6.54 Å². The van der Waals surface area contributed by atoms with Crippen molar-refractivity contribution in [2.75, 3.05) is 5.32 Å². The molecule has 0 radical (unpaired) electrons. The number of nitrogens with zero attached hydrogens (tertiary/aromatic N) is 3. The van der Waals surface area contributed by atoms with Crippen molar-refractivity contribution in [3.63, 3.8) is 0 Å². The van der Waals surface area contributed by atoms with Crippen molar-refractivity contribution in [3.8, 4) is 0 Å². The quantitative estimate of drug-likeness (QED) is 0.645. The summed E-state index contributed by atoms with van der Waals surface area (Å²) >= 11 is 0. The van der Waals surface area contributed by atoms with Gasteiger partial charge in [0.15, 0.2) is 0 Å². The molecule has 0 saturated carbocycles. The molecule has 0 aliphatic carbocycles. The molecule has 6 nitrogen and oxygen atoms in total. The molecule has 0 amide bonds. The molecule has 0 aliphatic heterocycles. The minimum atomic E-state index is -0.414. The normalized spacial score (nSPS) is 10.2. The average Bonchev–Trinajstić information content (AvgIpc) is 2.73. The minimum absolute atomic E-state index is 0.0903. The molecule has 6 heteroatoms. The summed E-state index contributed by atoms with van der Waals surface area (Å²) in [6.45, 7) is 0.585. The molecule has 1 N–H and O–H groups in total. The van der Waals surface area contributed by atoms with Crippen LogP contribution < -0.4 is 5.32 Å². The first-order valence-electron chi connectivity index (χ1n) is 5.11. The van der Waals surface area contributed by atoms with Crippen molar-refractivity contribution in [1.82, 2.24) is 9.55 Å². The molecule has 0 fully saturated rings. The number of aryl methyl sites for hydroxylation is 1. The van der Waals surface area contributed by atoms with Crippen molar-refractivity contribution in [2.45, 2.75) is 6.54 Å². The van der Waals surface area contributed by atoms with Crippen LogP contribution in [0.1, 0.15) is 5.82 Å². The lowest BCUT2D eigenvalue weighted by Gasteiger charge is -2.05. The summed E-state index contributed by atoms with van der Waals surface area (Å²) in [6.07, 6.45) is 3.60. The van der Waals surface area contributed by atoms with Gasteiger partial charge in [0.1, 0.15) is 5.82 Å². The number of rotatable bonds is 4. The van der Waals surface area contributed by atoms with Gasteiger partial charge in [-0.2, -0.15) is 0 Å². The Morgan fingerprint density at radius 3 is 2.65 bits per heavy atom. The Hall–Kier alpha value is -2.37. The van der Waals surface area contributed by atoms with Crippen LogP contribution in [0.2, 0.25) is 0 Å². The molecule has 88 valence electrons. The van der Waals surface area contributed by atoms with Gasteiger partial charge in [0, 0.05) is 37.3 Å². The molecule has 0 unspecified atom stereocenters. The summed E-state index contributed by atoms with van der Waals surface area (Å²) in [5, 5.41) is 13.6. The van der Waals surface area contributed by atoms with E-state index in [2.05, 4.69) is 10.3 Å². The van der Waals surface area contributed by atoms with Crippen LogP contribution in [0.25, 0.3) is 0 Å². The minimum Gasteiger partial charge on any atom is -0.378 e. The van der Waals surface area contributed by atoms with E-state index in [-0.39, 0.29) is 5.69 Å². The van der Waals surface area contributed by atoms with Gasteiger partial charge in [-0.3, -0.25) is 10.1 Å². The van der Waals surface area contributed by atoms with E-state index in [1.807, 2.05) is 17.8 Å². The van der Waals surface area contributed by atoms with Gasteiger partial charge in [-0.1, -0.05) is 0 Å². The number of nitrogens with one attached hydrogen (secondary N) is 1. The highest BCUT2D eigenvalue weighted by molar-refractivity contribution is 5.48. The number of benzene rings is 1. The second kappa shape index (κ2) is 4.65. The molecule has 1 aromatic carbocycles. The summed E-state index contributed by atoms with van der Waals surface area (Å²) in [5.41, 5.74) is 0.922. The summed E-state index contributed by atoms with van der Waals surface area (Å²) < 4.78 is 1.92. The van der Waals surface area contributed by atoms with Crippen LogP contribution in [0, 0.1) is 10.1 Å².